The summed E-state index contributed by atoms with van der Waals surface area (Å²) in [6, 6.07) is 0. The molecule has 0 aliphatic heterocycles. The Bertz CT molecular complexity index is 999. The predicted molar refractivity (Wildman–Crippen MR) is 147 cm³/mol. The van der Waals surface area contributed by atoms with Crippen LogP contribution in [0, 0.1) is 62.6 Å². The van der Waals surface area contributed by atoms with Crippen LogP contribution in [0.25, 0.3) is 0 Å². The summed E-state index contributed by atoms with van der Waals surface area (Å²) in [6.07, 6.45) is 10.3. The van der Waals surface area contributed by atoms with Crippen LogP contribution < -0.4 is 0 Å². The number of ketones is 1. The average molecular weight is 529 g/mol. The molecule has 5 fully saturated rings. The fraction of sp³-hybridized carbons (Fsp3) is 0.909. The summed E-state index contributed by atoms with van der Waals surface area (Å²) in [5.74, 6) is 2.83. The van der Waals surface area contributed by atoms with E-state index in [-0.39, 0.29) is 34.4 Å². The molecule has 0 bridgehead atoms. The molecule has 0 saturated heterocycles. The van der Waals surface area contributed by atoms with E-state index in [1.807, 2.05) is 0 Å². The fourth-order valence-corrected chi connectivity index (χ4v) is 11.9. The predicted octanol–water partition coefficient (Wildman–Crippen LogP) is 7.36. The zero-order valence-corrected chi connectivity index (χ0v) is 25.3. The molecule has 0 aromatic carbocycles. The van der Waals surface area contributed by atoms with Crippen LogP contribution in [0.15, 0.2) is 0 Å². The maximum absolute atomic E-state index is 13.8. The molecule has 5 aliphatic carbocycles. The fourth-order valence-electron chi connectivity index (χ4n) is 11.9. The van der Waals surface area contributed by atoms with Crippen LogP contribution >= 0.6 is 0 Å². The minimum Gasteiger partial charge on any atom is -0.428 e. The summed E-state index contributed by atoms with van der Waals surface area (Å²) in [6.45, 7) is 17.9. The first-order valence-corrected chi connectivity index (χ1v) is 15.5. The van der Waals surface area contributed by atoms with E-state index in [0.717, 1.165) is 44.9 Å². The minimum absolute atomic E-state index is 0.135. The third-order valence-corrected chi connectivity index (χ3v) is 13.9. The van der Waals surface area contributed by atoms with Gasteiger partial charge in [0.25, 0.3) is 0 Å². The van der Waals surface area contributed by atoms with Gasteiger partial charge in [0, 0.05) is 18.8 Å². The molecule has 0 unspecified atom stereocenters. The normalized spacial score (nSPS) is 47.4. The Balaban J connectivity index is 1.50. The summed E-state index contributed by atoms with van der Waals surface area (Å²) in [7, 11) is 0. The summed E-state index contributed by atoms with van der Waals surface area (Å²) >= 11 is 0. The highest BCUT2D eigenvalue weighted by Crippen LogP contribution is 2.77. The van der Waals surface area contributed by atoms with Crippen molar-refractivity contribution in [1.29, 1.82) is 0 Å². The van der Waals surface area contributed by atoms with Crippen LogP contribution in [0.4, 0.5) is 0 Å². The lowest BCUT2D eigenvalue weighted by Crippen LogP contribution is -2.66. The Hall–Kier alpha value is -1.39. The first-order valence-electron chi connectivity index (χ1n) is 15.5. The summed E-state index contributed by atoms with van der Waals surface area (Å²) in [4.78, 5) is 38.1. The number of Topliss-reactive ketones (excluding diaryl/α,β-unsaturated/α-hetero) is 1. The maximum Gasteiger partial charge on any atom is 0.315 e. The number of carbonyl (C=O) groups excluding carboxylic acids is 3. The van der Waals surface area contributed by atoms with Crippen LogP contribution in [0.3, 0.4) is 0 Å². The summed E-state index contributed by atoms with van der Waals surface area (Å²) in [5.41, 5.74) is -0.119. The lowest BCUT2D eigenvalue weighted by molar-refractivity contribution is -0.239. The first-order chi connectivity index (χ1) is 17.6. The molecule has 214 valence electrons. The van der Waals surface area contributed by atoms with Gasteiger partial charge in [0.2, 0.25) is 6.79 Å². The van der Waals surface area contributed by atoms with Gasteiger partial charge in [0.1, 0.15) is 5.78 Å². The second kappa shape index (κ2) is 9.06. The third-order valence-electron chi connectivity index (χ3n) is 13.9. The molecule has 5 heteroatoms. The number of ether oxygens (including phenoxy) is 2. The van der Waals surface area contributed by atoms with E-state index in [1.165, 1.54) is 26.2 Å². The zero-order valence-electron chi connectivity index (χ0n) is 25.3. The van der Waals surface area contributed by atoms with Crippen molar-refractivity contribution in [2.45, 2.75) is 120 Å². The lowest BCUT2D eigenvalue weighted by atomic mass is 9.32. The molecule has 9 atom stereocenters. The molecule has 5 rings (SSSR count). The molecule has 0 heterocycles. The van der Waals surface area contributed by atoms with Gasteiger partial charge in [0.15, 0.2) is 0 Å². The molecule has 0 aromatic rings. The summed E-state index contributed by atoms with van der Waals surface area (Å²) < 4.78 is 10.7. The van der Waals surface area contributed by atoms with Crippen molar-refractivity contribution in [1.82, 2.24) is 0 Å². The van der Waals surface area contributed by atoms with Crippen molar-refractivity contribution in [3.63, 3.8) is 0 Å². The SMILES string of the molecule is CC(=O)OCOC(=O)[C@]12CC[C@@H](C(C)C)[C@@H]1[C@H]1CC[C@@H]3[C@@]4(C)CCC(=O)C(C)(C)[C@@H]4CC[C@@]3(C)[C@]1(C)CC2. The Kier molecular flexibility index (Phi) is 6.71. The van der Waals surface area contributed by atoms with Crippen LogP contribution in [-0.4, -0.2) is 24.5 Å². The van der Waals surface area contributed by atoms with Gasteiger partial charge in [-0.2, -0.15) is 0 Å². The van der Waals surface area contributed by atoms with Gasteiger partial charge in [-0.15, -0.1) is 0 Å². The number of hydrogen-bond acceptors (Lipinski definition) is 5. The van der Waals surface area contributed by atoms with E-state index in [2.05, 4.69) is 48.5 Å². The number of carbonyl (C=O) groups is 3. The number of esters is 2. The van der Waals surface area contributed by atoms with Crippen molar-refractivity contribution in [3.8, 4) is 0 Å². The van der Waals surface area contributed by atoms with Crippen molar-refractivity contribution in [3.05, 3.63) is 0 Å². The van der Waals surface area contributed by atoms with E-state index < -0.39 is 11.4 Å². The standard InChI is InChI=1S/C33H52O5/c1-20(2)22-11-16-33(28(36)38-19-37-21(3)34)18-17-31(7)23(27(22)33)9-10-25-30(6)14-13-26(35)29(4,5)24(30)12-15-32(25,31)8/h20,22-25,27H,9-19H2,1-8H3/t22-,23+,24-,25+,27+,30-,31+,32+,33-/m0/s1. The number of fused-ring (bicyclic) bond motifs is 7. The Morgan fingerprint density at radius 2 is 1.55 bits per heavy atom. The highest BCUT2D eigenvalue weighted by molar-refractivity contribution is 5.85. The zero-order chi connectivity index (χ0) is 27.9. The lowest BCUT2D eigenvalue weighted by Gasteiger charge is -2.72. The molecule has 38 heavy (non-hydrogen) atoms. The Labute approximate surface area is 230 Å². The largest absolute Gasteiger partial charge is 0.428 e. The first kappa shape index (κ1) is 28.1. The Morgan fingerprint density at radius 1 is 0.842 bits per heavy atom. The molecule has 0 aromatic heterocycles. The van der Waals surface area contributed by atoms with Gasteiger partial charge in [-0.05, 0) is 110 Å². The second-order valence-corrected chi connectivity index (χ2v) is 15.6. The van der Waals surface area contributed by atoms with E-state index in [9.17, 15) is 14.4 Å². The van der Waals surface area contributed by atoms with Crippen LogP contribution in [0.1, 0.15) is 120 Å². The van der Waals surface area contributed by atoms with Crippen LogP contribution in [0.2, 0.25) is 0 Å². The molecule has 0 amide bonds. The van der Waals surface area contributed by atoms with E-state index in [0.29, 0.717) is 41.3 Å². The van der Waals surface area contributed by atoms with Crippen LogP contribution in [0.5, 0.6) is 0 Å². The van der Waals surface area contributed by atoms with Crippen molar-refractivity contribution < 1.29 is 23.9 Å². The minimum atomic E-state index is -0.456. The van der Waals surface area contributed by atoms with Gasteiger partial charge >= 0.3 is 11.9 Å². The van der Waals surface area contributed by atoms with Gasteiger partial charge in [0.05, 0.1) is 5.41 Å². The molecule has 0 N–H and O–H groups in total. The highest BCUT2D eigenvalue weighted by Gasteiger charge is 2.72. The van der Waals surface area contributed by atoms with E-state index in [4.69, 9.17) is 9.47 Å². The van der Waals surface area contributed by atoms with Crippen molar-refractivity contribution in [2.75, 3.05) is 6.79 Å². The molecular weight excluding hydrogens is 476 g/mol. The molecule has 5 aliphatic rings. The average Bonchev–Trinajstić information content (AvgIpc) is 3.23. The molecule has 5 nitrogen and oxygen atoms in total. The maximum atomic E-state index is 13.8. The summed E-state index contributed by atoms with van der Waals surface area (Å²) in [5, 5.41) is 0. The third kappa shape index (κ3) is 3.64. The van der Waals surface area contributed by atoms with E-state index in [1.54, 1.807) is 0 Å². The van der Waals surface area contributed by atoms with Crippen LogP contribution in [-0.2, 0) is 23.9 Å². The molecule has 0 radical (unpaired) electrons. The number of hydrogen-bond donors (Lipinski definition) is 0. The molecule has 0 spiro atoms. The Morgan fingerprint density at radius 3 is 2.21 bits per heavy atom. The number of rotatable bonds is 4. The smallest absolute Gasteiger partial charge is 0.315 e. The quantitative estimate of drug-likeness (QED) is 0.282. The monoisotopic (exact) mass is 528 g/mol. The van der Waals surface area contributed by atoms with Crippen molar-refractivity contribution in [2.24, 2.45) is 62.6 Å². The van der Waals surface area contributed by atoms with Gasteiger partial charge in [-0.25, -0.2) is 0 Å². The molecule has 5 saturated carbocycles. The topological polar surface area (TPSA) is 69.7 Å². The van der Waals surface area contributed by atoms with Gasteiger partial charge in [-0.3, -0.25) is 14.4 Å². The van der Waals surface area contributed by atoms with Crippen molar-refractivity contribution >= 4 is 17.7 Å². The molecular formula is C33H52O5. The highest BCUT2D eigenvalue weighted by atomic mass is 16.7. The van der Waals surface area contributed by atoms with E-state index >= 15 is 0 Å². The van der Waals surface area contributed by atoms with Gasteiger partial charge in [-0.1, -0.05) is 48.5 Å². The van der Waals surface area contributed by atoms with Gasteiger partial charge < -0.3 is 9.47 Å². The second-order valence-electron chi connectivity index (χ2n) is 15.6.